The highest BCUT2D eigenvalue weighted by Crippen LogP contribution is 2.16. The molecule has 0 aliphatic rings. The van der Waals surface area contributed by atoms with Crippen molar-refractivity contribution in [3.05, 3.63) is 29.8 Å². The molecular weight excluding hydrogens is 262 g/mol. The Hall–Kier alpha value is -0.950. The van der Waals surface area contributed by atoms with Crippen LogP contribution in [0.3, 0.4) is 0 Å². The molecule has 1 aromatic rings. The van der Waals surface area contributed by atoms with E-state index in [0.717, 1.165) is 12.1 Å². The molecule has 0 heterocycles. The summed E-state index contributed by atoms with van der Waals surface area (Å²) in [6.45, 7) is 4.96. The van der Waals surface area contributed by atoms with Gasteiger partial charge in [0.15, 0.2) is 0 Å². The van der Waals surface area contributed by atoms with Gasteiger partial charge < -0.3 is 10.2 Å². The van der Waals surface area contributed by atoms with Crippen LogP contribution in [0.4, 0.5) is 0 Å². The summed E-state index contributed by atoms with van der Waals surface area (Å²) in [6, 6.07) is 7.21. The molecule has 0 aromatic heterocycles. The van der Waals surface area contributed by atoms with Crippen molar-refractivity contribution in [2.45, 2.75) is 30.8 Å². The second kappa shape index (κ2) is 6.47. The zero-order valence-corrected chi connectivity index (χ0v) is 12.7. The summed E-state index contributed by atoms with van der Waals surface area (Å²) >= 11 is 0. The summed E-state index contributed by atoms with van der Waals surface area (Å²) in [5.41, 5.74) is 0.914. The summed E-state index contributed by atoms with van der Waals surface area (Å²) in [5.74, 6) is 0. The zero-order chi connectivity index (χ0) is 14.6. The molecule has 2 atom stereocenters. The highest BCUT2D eigenvalue weighted by molar-refractivity contribution is 7.89. The van der Waals surface area contributed by atoms with Crippen molar-refractivity contribution in [2.24, 2.45) is 5.14 Å². The minimum atomic E-state index is -3.64. The van der Waals surface area contributed by atoms with Crippen LogP contribution in [0.1, 0.15) is 25.5 Å². The van der Waals surface area contributed by atoms with Gasteiger partial charge in [0.1, 0.15) is 0 Å². The van der Waals surface area contributed by atoms with E-state index in [1.807, 2.05) is 27.1 Å². The molecule has 0 radical (unpaired) electrons. The van der Waals surface area contributed by atoms with E-state index in [1.54, 1.807) is 12.1 Å². The lowest BCUT2D eigenvalue weighted by atomic mass is 10.1. The Bertz CT molecular complexity index is 514. The molecule has 19 heavy (non-hydrogen) atoms. The Morgan fingerprint density at radius 3 is 2.47 bits per heavy atom. The van der Waals surface area contributed by atoms with Crippen LogP contribution in [0.25, 0.3) is 0 Å². The maximum atomic E-state index is 11.3. The van der Waals surface area contributed by atoms with Gasteiger partial charge >= 0.3 is 0 Å². The fourth-order valence-electron chi connectivity index (χ4n) is 1.61. The minimum absolute atomic E-state index is 0.0732. The third-order valence-electron chi connectivity index (χ3n) is 3.29. The molecule has 6 heteroatoms. The Balaban J connectivity index is 2.75. The summed E-state index contributed by atoms with van der Waals surface area (Å²) in [5, 5.41) is 8.51. The normalized spacial score (nSPS) is 15.5. The molecule has 0 amide bonds. The van der Waals surface area contributed by atoms with Crippen molar-refractivity contribution in [1.82, 2.24) is 10.2 Å². The van der Waals surface area contributed by atoms with E-state index >= 15 is 0 Å². The average Bonchev–Trinajstić information content (AvgIpc) is 2.34. The van der Waals surface area contributed by atoms with Gasteiger partial charge in [0.2, 0.25) is 10.0 Å². The van der Waals surface area contributed by atoms with Crippen molar-refractivity contribution in [3.63, 3.8) is 0 Å². The van der Waals surface area contributed by atoms with Gasteiger partial charge in [0.25, 0.3) is 0 Å². The van der Waals surface area contributed by atoms with Crippen LogP contribution in [0.15, 0.2) is 29.2 Å². The highest BCUT2D eigenvalue weighted by Gasteiger charge is 2.12. The van der Waals surface area contributed by atoms with E-state index < -0.39 is 10.0 Å². The van der Waals surface area contributed by atoms with Crippen molar-refractivity contribution in [1.29, 1.82) is 0 Å². The van der Waals surface area contributed by atoms with Crippen LogP contribution >= 0.6 is 0 Å². The van der Waals surface area contributed by atoms with Crippen molar-refractivity contribution < 1.29 is 8.42 Å². The zero-order valence-electron chi connectivity index (χ0n) is 11.9. The van der Waals surface area contributed by atoms with Gasteiger partial charge in [-0.2, -0.15) is 0 Å². The average molecular weight is 285 g/mol. The van der Waals surface area contributed by atoms with Gasteiger partial charge in [-0.25, -0.2) is 13.6 Å². The fourth-order valence-corrected chi connectivity index (χ4v) is 2.18. The molecule has 1 rings (SSSR count). The maximum Gasteiger partial charge on any atom is 0.238 e. The Labute approximate surface area is 115 Å². The molecule has 0 bridgehead atoms. The largest absolute Gasteiger partial charge is 0.309 e. The number of sulfonamides is 1. The third kappa shape index (κ3) is 4.91. The molecule has 5 nitrogen and oxygen atoms in total. The summed E-state index contributed by atoms with van der Waals surface area (Å²) in [7, 11) is 0.413. The molecule has 0 saturated heterocycles. The standard InChI is InChI=1S/C13H23N3O2S/c1-10(16(3)4)9-15-11(2)12-6-5-7-13(8-12)19(14,17)18/h5-8,10-11,15H,9H2,1-4H3,(H2,14,17,18). The first-order valence-corrected chi connectivity index (χ1v) is 7.79. The second-order valence-electron chi connectivity index (χ2n) is 5.06. The predicted octanol–water partition coefficient (Wildman–Crippen LogP) is 0.935. The quantitative estimate of drug-likeness (QED) is 0.815. The predicted molar refractivity (Wildman–Crippen MR) is 77.4 cm³/mol. The molecule has 1 aromatic carbocycles. The molecule has 0 aliphatic carbocycles. The van der Waals surface area contributed by atoms with Gasteiger partial charge in [0, 0.05) is 18.6 Å². The Morgan fingerprint density at radius 1 is 1.32 bits per heavy atom. The SMILES string of the molecule is CC(NCC(C)N(C)C)c1cccc(S(N)(=O)=O)c1. The molecule has 0 spiro atoms. The summed E-state index contributed by atoms with van der Waals surface area (Å²) < 4.78 is 22.6. The van der Waals surface area contributed by atoms with Crippen LogP contribution < -0.4 is 10.5 Å². The molecule has 0 saturated carbocycles. The lowest BCUT2D eigenvalue weighted by Crippen LogP contribution is -2.36. The molecule has 2 unspecified atom stereocenters. The van der Waals surface area contributed by atoms with E-state index in [4.69, 9.17) is 5.14 Å². The van der Waals surface area contributed by atoms with E-state index in [-0.39, 0.29) is 10.9 Å². The first-order chi connectivity index (χ1) is 8.71. The molecular formula is C13H23N3O2S. The van der Waals surface area contributed by atoms with Crippen molar-refractivity contribution in [2.75, 3.05) is 20.6 Å². The van der Waals surface area contributed by atoms with Crippen molar-refractivity contribution >= 4 is 10.0 Å². The number of primary sulfonamides is 1. The lowest BCUT2D eigenvalue weighted by molar-refractivity contribution is 0.295. The number of benzene rings is 1. The van der Waals surface area contributed by atoms with E-state index in [9.17, 15) is 8.42 Å². The minimum Gasteiger partial charge on any atom is -0.309 e. The number of nitrogens with two attached hydrogens (primary N) is 1. The Kier molecular flexibility index (Phi) is 5.49. The van der Waals surface area contributed by atoms with Crippen molar-refractivity contribution in [3.8, 4) is 0 Å². The molecule has 108 valence electrons. The number of hydrogen-bond acceptors (Lipinski definition) is 4. The second-order valence-corrected chi connectivity index (χ2v) is 6.62. The fraction of sp³-hybridized carbons (Fsp3) is 0.538. The summed E-state index contributed by atoms with van der Waals surface area (Å²) in [6.07, 6.45) is 0. The number of rotatable bonds is 6. The smallest absolute Gasteiger partial charge is 0.238 e. The molecule has 3 N–H and O–H groups in total. The molecule has 0 fully saturated rings. The van der Waals surface area contributed by atoms with Crippen LogP contribution in [0.2, 0.25) is 0 Å². The topological polar surface area (TPSA) is 75.4 Å². The lowest BCUT2D eigenvalue weighted by Gasteiger charge is -2.23. The van der Waals surface area contributed by atoms with Gasteiger partial charge in [-0.3, -0.25) is 0 Å². The van der Waals surface area contributed by atoms with Gasteiger partial charge in [-0.1, -0.05) is 12.1 Å². The van der Waals surface area contributed by atoms with Crippen LogP contribution in [-0.4, -0.2) is 40.0 Å². The third-order valence-corrected chi connectivity index (χ3v) is 4.20. The number of nitrogens with zero attached hydrogens (tertiary/aromatic N) is 1. The van der Waals surface area contributed by atoms with Crippen LogP contribution in [0.5, 0.6) is 0 Å². The number of nitrogens with one attached hydrogen (secondary N) is 1. The van der Waals surface area contributed by atoms with E-state index in [0.29, 0.717) is 6.04 Å². The van der Waals surface area contributed by atoms with E-state index in [2.05, 4.69) is 17.1 Å². The van der Waals surface area contributed by atoms with Crippen LogP contribution in [-0.2, 0) is 10.0 Å². The summed E-state index contributed by atoms with van der Waals surface area (Å²) in [4.78, 5) is 2.28. The first kappa shape index (κ1) is 16.1. The highest BCUT2D eigenvalue weighted by atomic mass is 32.2. The van der Waals surface area contributed by atoms with Gasteiger partial charge in [-0.15, -0.1) is 0 Å². The van der Waals surface area contributed by atoms with Crippen LogP contribution in [0, 0.1) is 0 Å². The molecule has 0 aliphatic heterocycles. The first-order valence-electron chi connectivity index (χ1n) is 6.24. The van der Waals surface area contributed by atoms with Gasteiger partial charge in [-0.05, 0) is 45.6 Å². The maximum absolute atomic E-state index is 11.3. The number of hydrogen-bond donors (Lipinski definition) is 2. The van der Waals surface area contributed by atoms with Gasteiger partial charge in [0.05, 0.1) is 4.90 Å². The van der Waals surface area contributed by atoms with E-state index in [1.165, 1.54) is 6.07 Å². The Morgan fingerprint density at radius 2 is 1.95 bits per heavy atom. The number of likely N-dealkylation sites (N-methyl/N-ethyl adjacent to an activating group) is 1. The monoisotopic (exact) mass is 285 g/mol.